The van der Waals surface area contributed by atoms with Crippen molar-refractivity contribution in [2.24, 2.45) is 0 Å². The van der Waals surface area contributed by atoms with Crippen molar-refractivity contribution in [3.8, 4) is 0 Å². The van der Waals surface area contributed by atoms with E-state index in [0.29, 0.717) is 6.54 Å². The maximum Gasteiger partial charge on any atom is 0.290 e. The molecule has 0 unspecified atom stereocenters. The van der Waals surface area contributed by atoms with E-state index in [2.05, 4.69) is 51.7 Å². The lowest BCUT2D eigenvalue weighted by molar-refractivity contribution is -0.129. The van der Waals surface area contributed by atoms with Crippen molar-refractivity contribution >= 4 is 11.7 Å². The van der Waals surface area contributed by atoms with E-state index in [1.807, 2.05) is 12.1 Å². The zero-order valence-electron chi connectivity index (χ0n) is 20.9. The third-order valence-electron chi connectivity index (χ3n) is 6.30. The summed E-state index contributed by atoms with van der Waals surface area (Å²) in [4.78, 5) is 29.4. The van der Waals surface area contributed by atoms with Crippen molar-refractivity contribution in [1.29, 1.82) is 0 Å². The number of hydrogen-bond acceptors (Lipinski definition) is 4. The number of carbonyl (C=O) groups excluding carboxylic acids is 2. The van der Waals surface area contributed by atoms with Crippen LogP contribution >= 0.6 is 0 Å². The number of aliphatic hydroxyl groups excluding tert-OH is 1. The van der Waals surface area contributed by atoms with Crippen LogP contribution in [0.15, 0.2) is 35.6 Å². The summed E-state index contributed by atoms with van der Waals surface area (Å²) < 4.78 is 0. The molecule has 2 rings (SSSR count). The number of benzene rings is 1. The average molecular weight is 443 g/mol. The first-order chi connectivity index (χ1) is 15.1. The largest absolute Gasteiger partial charge is 0.503 e. The molecule has 1 amide bonds. The summed E-state index contributed by atoms with van der Waals surface area (Å²) >= 11 is 0. The van der Waals surface area contributed by atoms with Gasteiger partial charge in [0.2, 0.25) is 0 Å². The highest BCUT2D eigenvalue weighted by Crippen LogP contribution is 2.38. The summed E-state index contributed by atoms with van der Waals surface area (Å²) in [5, 5.41) is 10.5. The molecule has 1 atom stereocenters. The summed E-state index contributed by atoms with van der Waals surface area (Å²) in [5.74, 6) is -1.08. The first kappa shape index (κ1) is 26.1. The van der Waals surface area contributed by atoms with Gasteiger partial charge in [-0.05, 0) is 62.4 Å². The van der Waals surface area contributed by atoms with Crippen LogP contribution in [0.4, 0.5) is 0 Å². The van der Waals surface area contributed by atoms with E-state index in [1.165, 1.54) is 38.2 Å². The molecule has 0 fully saturated rings. The normalized spacial score (nSPS) is 17.0. The number of aliphatic hydroxyl groups is 1. The fraction of sp³-hybridized carbons (Fsp3) is 0.630. The van der Waals surface area contributed by atoms with Crippen molar-refractivity contribution in [3.05, 3.63) is 46.7 Å². The Bertz CT molecular complexity index is 797. The summed E-state index contributed by atoms with van der Waals surface area (Å²) in [6.07, 6.45) is 5.49. The smallest absolute Gasteiger partial charge is 0.290 e. The Kier molecular flexibility index (Phi) is 9.50. The highest BCUT2D eigenvalue weighted by atomic mass is 16.3. The quantitative estimate of drug-likeness (QED) is 0.460. The number of amides is 1. The van der Waals surface area contributed by atoms with Gasteiger partial charge >= 0.3 is 0 Å². The Hall–Kier alpha value is -2.14. The van der Waals surface area contributed by atoms with Crippen molar-refractivity contribution in [2.75, 3.05) is 26.2 Å². The monoisotopic (exact) mass is 442 g/mol. The number of Topliss-reactive ketones (excluding diaryl/α,β-unsaturated/α-hetero) is 1. The summed E-state index contributed by atoms with van der Waals surface area (Å²) in [7, 11) is 0. The van der Waals surface area contributed by atoms with Crippen molar-refractivity contribution in [1.82, 2.24) is 9.80 Å². The minimum absolute atomic E-state index is 0.0194. The Balaban J connectivity index is 2.20. The van der Waals surface area contributed by atoms with Gasteiger partial charge in [-0.2, -0.15) is 0 Å². The van der Waals surface area contributed by atoms with E-state index in [-0.39, 0.29) is 16.8 Å². The van der Waals surface area contributed by atoms with Gasteiger partial charge in [-0.3, -0.25) is 9.59 Å². The van der Waals surface area contributed by atoms with E-state index in [1.54, 1.807) is 4.90 Å². The molecule has 1 aromatic carbocycles. The standard InChI is InChI=1S/C27H42N2O3/c1-7-9-16-28(17-10-8-2)18-11-19-29-24(23(20(3)30)25(31)26(29)32)21-12-14-22(15-13-21)27(4,5)6/h12-15,24,31H,7-11,16-19H2,1-6H3/t24-/m0/s1. The third-order valence-corrected chi connectivity index (χ3v) is 6.30. The van der Waals surface area contributed by atoms with Crippen molar-refractivity contribution in [2.45, 2.75) is 85.1 Å². The van der Waals surface area contributed by atoms with Crippen molar-refractivity contribution in [3.63, 3.8) is 0 Å². The lowest BCUT2D eigenvalue weighted by Gasteiger charge is -2.29. The van der Waals surface area contributed by atoms with Crippen LogP contribution < -0.4 is 0 Å². The van der Waals surface area contributed by atoms with Gasteiger partial charge in [0.05, 0.1) is 11.6 Å². The van der Waals surface area contributed by atoms with Crippen LogP contribution in [0.1, 0.15) is 90.8 Å². The first-order valence-electron chi connectivity index (χ1n) is 12.2. The van der Waals surface area contributed by atoms with Gasteiger partial charge in [-0.1, -0.05) is 71.7 Å². The molecular weight excluding hydrogens is 400 g/mol. The van der Waals surface area contributed by atoms with Gasteiger partial charge in [0.15, 0.2) is 11.5 Å². The molecule has 178 valence electrons. The van der Waals surface area contributed by atoms with E-state index >= 15 is 0 Å². The van der Waals surface area contributed by atoms with Crippen LogP contribution in [-0.2, 0) is 15.0 Å². The number of unbranched alkanes of at least 4 members (excludes halogenated alkanes) is 2. The molecule has 0 saturated carbocycles. The summed E-state index contributed by atoms with van der Waals surface area (Å²) in [6.45, 7) is 15.9. The van der Waals surface area contributed by atoms with Crippen LogP contribution in [0.2, 0.25) is 0 Å². The minimum Gasteiger partial charge on any atom is -0.503 e. The van der Waals surface area contributed by atoms with Crippen LogP contribution in [0.3, 0.4) is 0 Å². The Labute approximate surface area is 194 Å². The summed E-state index contributed by atoms with van der Waals surface area (Å²) in [5.41, 5.74) is 2.30. The van der Waals surface area contributed by atoms with Gasteiger partial charge in [-0.15, -0.1) is 0 Å². The summed E-state index contributed by atoms with van der Waals surface area (Å²) in [6, 6.07) is 7.57. The molecule has 1 aliphatic heterocycles. The topological polar surface area (TPSA) is 60.9 Å². The fourth-order valence-corrected chi connectivity index (χ4v) is 4.32. The van der Waals surface area contributed by atoms with Crippen molar-refractivity contribution < 1.29 is 14.7 Å². The van der Waals surface area contributed by atoms with Gasteiger partial charge in [0.1, 0.15) is 0 Å². The van der Waals surface area contributed by atoms with Crippen LogP contribution in [-0.4, -0.2) is 52.8 Å². The number of hydrogen-bond donors (Lipinski definition) is 1. The lowest BCUT2D eigenvalue weighted by atomic mass is 9.85. The molecule has 1 aliphatic rings. The lowest BCUT2D eigenvalue weighted by Crippen LogP contribution is -2.35. The Morgan fingerprint density at radius 1 is 1.00 bits per heavy atom. The van der Waals surface area contributed by atoms with Gasteiger partial charge in [0, 0.05) is 6.54 Å². The molecule has 32 heavy (non-hydrogen) atoms. The van der Waals surface area contributed by atoms with Crippen LogP contribution in [0, 0.1) is 0 Å². The number of nitrogens with zero attached hydrogens (tertiary/aromatic N) is 2. The molecule has 0 aliphatic carbocycles. The first-order valence-corrected chi connectivity index (χ1v) is 12.2. The predicted octanol–water partition coefficient (Wildman–Crippen LogP) is 5.56. The zero-order chi connectivity index (χ0) is 23.9. The number of carbonyl (C=O) groups is 2. The highest BCUT2D eigenvalue weighted by Gasteiger charge is 2.42. The zero-order valence-corrected chi connectivity index (χ0v) is 20.9. The molecule has 0 aromatic heterocycles. The molecule has 1 heterocycles. The van der Waals surface area contributed by atoms with E-state index in [4.69, 9.17) is 0 Å². The maximum absolute atomic E-state index is 12.9. The second-order valence-electron chi connectivity index (χ2n) is 9.99. The molecule has 0 radical (unpaired) electrons. The van der Waals surface area contributed by atoms with E-state index < -0.39 is 17.7 Å². The number of rotatable bonds is 12. The molecular formula is C27H42N2O3. The van der Waals surface area contributed by atoms with E-state index in [0.717, 1.165) is 31.6 Å². The minimum atomic E-state index is -0.520. The SMILES string of the molecule is CCCCN(CCCC)CCCN1C(=O)C(O)=C(C(C)=O)[C@@H]1c1ccc(C(C)(C)C)cc1. The molecule has 0 spiro atoms. The average Bonchev–Trinajstić information content (AvgIpc) is 2.99. The Morgan fingerprint density at radius 3 is 2.00 bits per heavy atom. The van der Waals surface area contributed by atoms with E-state index in [9.17, 15) is 14.7 Å². The second kappa shape index (κ2) is 11.6. The molecule has 0 saturated heterocycles. The van der Waals surface area contributed by atoms with Crippen LogP contribution in [0.5, 0.6) is 0 Å². The number of ketones is 1. The Morgan fingerprint density at radius 2 is 1.53 bits per heavy atom. The van der Waals surface area contributed by atoms with Gasteiger partial charge in [-0.25, -0.2) is 0 Å². The molecule has 5 nitrogen and oxygen atoms in total. The molecule has 0 bridgehead atoms. The van der Waals surface area contributed by atoms with Gasteiger partial charge in [0.25, 0.3) is 5.91 Å². The third kappa shape index (κ3) is 6.44. The van der Waals surface area contributed by atoms with Crippen LogP contribution in [0.25, 0.3) is 0 Å². The second-order valence-corrected chi connectivity index (χ2v) is 9.99. The molecule has 5 heteroatoms. The maximum atomic E-state index is 12.9. The predicted molar refractivity (Wildman–Crippen MR) is 131 cm³/mol. The molecule has 1 aromatic rings. The highest BCUT2D eigenvalue weighted by molar-refractivity contribution is 6.08. The molecule has 1 N–H and O–H groups in total. The fourth-order valence-electron chi connectivity index (χ4n) is 4.32. The van der Waals surface area contributed by atoms with Gasteiger partial charge < -0.3 is 14.9 Å².